The molecule has 1 nitrogen and oxygen atoms in total. The predicted molar refractivity (Wildman–Crippen MR) is 61.0 cm³/mol. The van der Waals surface area contributed by atoms with Gasteiger partial charge >= 0.3 is 0 Å². The molecule has 2 rings (SSSR count). The maximum atomic E-state index is 13.1. The minimum atomic E-state index is -0.237. The fourth-order valence-electron chi connectivity index (χ4n) is 1.63. The third kappa shape index (κ3) is 1.84. The van der Waals surface area contributed by atoms with Gasteiger partial charge < -0.3 is 5.73 Å². The molecular weight excluding hydrogens is 189 g/mol. The second-order valence-electron chi connectivity index (χ2n) is 3.55. The Bertz CT molecular complexity index is 492. The van der Waals surface area contributed by atoms with Gasteiger partial charge in [-0.25, -0.2) is 4.39 Å². The van der Waals surface area contributed by atoms with Crippen molar-refractivity contribution in [1.82, 2.24) is 0 Å². The van der Waals surface area contributed by atoms with Crippen LogP contribution >= 0.6 is 0 Å². The number of anilines is 1. The molecule has 0 aliphatic rings. The number of nitrogen functional groups attached to an aromatic ring is 1. The average molecular weight is 201 g/mol. The van der Waals surface area contributed by atoms with Crippen molar-refractivity contribution < 1.29 is 4.39 Å². The topological polar surface area (TPSA) is 26.0 Å². The van der Waals surface area contributed by atoms with Crippen molar-refractivity contribution in [3.8, 4) is 11.1 Å². The number of aryl methyl sites for hydroxylation is 1. The first-order chi connectivity index (χ1) is 7.18. The number of nitrogens with two attached hydrogens (primary N) is 1. The molecule has 0 bridgehead atoms. The SMILES string of the molecule is Cc1ccc(F)cc1-c1ccccc1N. The van der Waals surface area contributed by atoms with Crippen LogP contribution in [-0.2, 0) is 0 Å². The van der Waals surface area contributed by atoms with Gasteiger partial charge in [-0.2, -0.15) is 0 Å². The normalized spacial score (nSPS) is 10.3. The fourth-order valence-corrected chi connectivity index (χ4v) is 1.63. The number of hydrogen-bond acceptors (Lipinski definition) is 1. The lowest BCUT2D eigenvalue weighted by atomic mass is 9.99. The van der Waals surface area contributed by atoms with Gasteiger partial charge in [0.2, 0.25) is 0 Å². The van der Waals surface area contributed by atoms with Gasteiger partial charge in [0.05, 0.1) is 0 Å². The Balaban J connectivity index is 2.64. The molecule has 2 aromatic rings. The molecule has 0 aromatic heterocycles. The van der Waals surface area contributed by atoms with E-state index < -0.39 is 0 Å². The summed E-state index contributed by atoms with van der Waals surface area (Å²) in [6.07, 6.45) is 0. The van der Waals surface area contributed by atoms with Crippen LogP contribution in [0.15, 0.2) is 42.5 Å². The first-order valence-corrected chi connectivity index (χ1v) is 4.79. The molecule has 0 saturated heterocycles. The fraction of sp³-hybridized carbons (Fsp3) is 0.0769. The zero-order valence-electron chi connectivity index (χ0n) is 8.50. The van der Waals surface area contributed by atoms with E-state index in [0.29, 0.717) is 5.69 Å². The summed E-state index contributed by atoms with van der Waals surface area (Å²) >= 11 is 0. The van der Waals surface area contributed by atoms with Crippen molar-refractivity contribution in [2.75, 3.05) is 5.73 Å². The minimum absolute atomic E-state index is 0.237. The molecule has 0 atom stereocenters. The molecule has 0 heterocycles. The molecule has 0 spiro atoms. The summed E-state index contributed by atoms with van der Waals surface area (Å²) in [5, 5.41) is 0. The first kappa shape index (κ1) is 9.71. The number of hydrogen-bond donors (Lipinski definition) is 1. The second-order valence-corrected chi connectivity index (χ2v) is 3.55. The van der Waals surface area contributed by atoms with Crippen molar-refractivity contribution >= 4 is 5.69 Å². The summed E-state index contributed by atoms with van der Waals surface area (Å²) in [4.78, 5) is 0. The molecule has 0 aliphatic carbocycles. The van der Waals surface area contributed by atoms with E-state index in [2.05, 4.69) is 0 Å². The monoisotopic (exact) mass is 201 g/mol. The van der Waals surface area contributed by atoms with Crippen LogP contribution in [0.25, 0.3) is 11.1 Å². The third-order valence-corrected chi connectivity index (χ3v) is 2.45. The van der Waals surface area contributed by atoms with Gasteiger partial charge in [-0.15, -0.1) is 0 Å². The van der Waals surface area contributed by atoms with Crippen LogP contribution in [0.1, 0.15) is 5.56 Å². The maximum absolute atomic E-state index is 13.1. The van der Waals surface area contributed by atoms with E-state index in [1.807, 2.05) is 31.2 Å². The third-order valence-electron chi connectivity index (χ3n) is 2.45. The van der Waals surface area contributed by atoms with Gasteiger partial charge in [0.1, 0.15) is 5.82 Å². The molecule has 76 valence electrons. The van der Waals surface area contributed by atoms with E-state index in [9.17, 15) is 4.39 Å². The summed E-state index contributed by atoms with van der Waals surface area (Å²) < 4.78 is 13.1. The predicted octanol–water partition coefficient (Wildman–Crippen LogP) is 3.38. The largest absolute Gasteiger partial charge is 0.398 e. The summed E-state index contributed by atoms with van der Waals surface area (Å²) in [7, 11) is 0. The molecule has 0 radical (unpaired) electrons. The Morgan fingerprint density at radius 3 is 2.47 bits per heavy atom. The van der Waals surface area contributed by atoms with Gasteiger partial charge in [-0.05, 0) is 36.2 Å². The number of para-hydroxylation sites is 1. The van der Waals surface area contributed by atoms with Crippen LogP contribution in [-0.4, -0.2) is 0 Å². The van der Waals surface area contributed by atoms with Gasteiger partial charge in [-0.3, -0.25) is 0 Å². The molecule has 15 heavy (non-hydrogen) atoms. The lowest BCUT2D eigenvalue weighted by molar-refractivity contribution is 0.628. The van der Waals surface area contributed by atoms with Gasteiger partial charge in [0, 0.05) is 11.3 Å². The van der Waals surface area contributed by atoms with Crippen molar-refractivity contribution in [2.24, 2.45) is 0 Å². The first-order valence-electron chi connectivity index (χ1n) is 4.79. The Morgan fingerprint density at radius 2 is 1.73 bits per heavy atom. The maximum Gasteiger partial charge on any atom is 0.123 e. The lowest BCUT2D eigenvalue weighted by Crippen LogP contribution is -1.91. The Kier molecular flexibility index (Phi) is 2.42. The summed E-state index contributed by atoms with van der Waals surface area (Å²) in [5.41, 5.74) is 9.28. The van der Waals surface area contributed by atoms with Crippen molar-refractivity contribution in [3.05, 3.63) is 53.8 Å². The van der Waals surface area contributed by atoms with Crippen LogP contribution < -0.4 is 5.73 Å². The van der Waals surface area contributed by atoms with E-state index >= 15 is 0 Å². The van der Waals surface area contributed by atoms with E-state index in [0.717, 1.165) is 16.7 Å². The van der Waals surface area contributed by atoms with Gasteiger partial charge in [-0.1, -0.05) is 24.3 Å². The Morgan fingerprint density at radius 1 is 1.00 bits per heavy atom. The molecule has 0 saturated carbocycles. The van der Waals surface area contributed by atoms with Crippen molar-refractivity contribution in [3.63, 3.8) is 0 Å². The quantitative estimate of drug-likeness (QED) is 0.703. The minimum Gasteiger partial charge on any atom is -0.398 e. The molecular formula is C13H12FN. The second kappa shape index (κ2) is 3.73. The lowest BCUT2D eigenvalue weighted by Gasteiger charge is -2.08. The molecule has 0 fully saturated rings. The van der Waals surface area contributed by atoms with E-state index in [4.69, 9.17) is 5.73 Å². The molecule has 0 aliphatic heterocycles. The zero-order valence-corrected chi connectivity index (χ0v) is 8.50. The standard InChI is InChI=1S/C13H12FN/c1-9-6-7-10(14)8-12(9)11-4-2-3-5-13(11)15/h2-8H,15H2,1H3. The van der Waals surface area contributed by atoms with Gasteiger partial charge in [0.25, 0.3) is 0 Å². The zero-order chi connectivity index (χ0) is 10.8. The van der Waals surface area contributed by atoms with Crippen LogP contribution in [0, 0.1) is 12.7 Å². The van der Waals surface area contributed by atoms with E-state index in [1.54, 1.807) is 6.07 Å². The van der Waals surface area contributed by atoms with Crippen molar-refractivity contribution in [2.45, 2.75) is 6.92 Å². The summed E-state index contributed by atoms with van der Waals surface area (Å²) in [6, 6.07) is 12.2. The van der Waals surface area contributed by atoms with Crippen LogP contribution in [0.3, 0.4) is 0 Å². The highest BCUT2D eigenvalue weighted by atomic mass is 19.1. The average Bonchev–Trinajstić information content (AvgIpc) is 2.23. The Labute approximate surface area is 88.4 Å². The highest BCUT2D eigenvalue weighted by molar-refractivity contribution is 5.78. The molecule has 2 aromatic carbocycles. The highest BCUT2D eigenvalue weighted by Crippen LogP contribution is 2.28. The highest BCUT2D eigenvalue weighted by Gasteiger charge is 2.05. The number of benzene rings is 2. The molecule has 0 unspecified atom stereocenters. The van der Waals surface area contributed by atoms with Crippen LogP contribution in [0.2, 0.25) is 0 Å². The van der Waals surface area contributed by atoms with Crippen LogP contribution in [0.4, 0.5) is 10.1 Å². The Hall–Kier alpha value is -1.83. The summed E-state index contributed by atoms with van der Waals surface area (Å²) in [5.74, 6) is -0.237. The van der Waals surface area contributed by atoms with Crippen molar-refractivity contribution in [1.29, 1.82) is 0 Å². The molecule has 2 N–H and O–H groups in total. The number of rotatable bonds is 1. The van der Waals surface area contributed by atoms with Crippen LogP contribution in [0.5, 0.6) is 0 Å². The number of halogens is 1. The molecule has 2 heteroatoms. The van der Waals surface area contributed by atoms with E-state index in [1.165, 1.54) is 12.1 Å². The van der Waals surface area contributed by atoms with Gasteiger partial charge in [0.15, 0.2) is 0 Å². The van der Waals surface area contributed by atoms with E-state index in [-0.39, 0.29) is 5.82 Å². The summed E-state index contributed by atoms with van der Waals surface area (Å²) in [6.45, 7) is 1.95. The molecule has 0 amide bonds. The smallest absolute Gasteiger partial charge is 0.123 e.